The van der Waals surface area contributed by atoms with E-state index in [2.05, 4.69) is 11.3 Å². The summed E-state index contributed by atoms with van der Waals surface area (Å²) in [5, 5.41) is -0.608. The fourth-order valence-corrected chi connectivity index (χ4v) is 0.231. The molecule has 0 bridgehead atoms. The summed E-state index contributed by atoms with van der Waals surface area (Å²) in [4.78, 5) is 0. The van der Waals surface area contributed by atoms with Gasteiger partial charge >= 0.3 is 0 Å². The van der Waals surface area contributed by atoms with Gasteiger partial charge in [-0.25, -0.2) is 0 Å². The van der Waals surface area contributed by atoms with Gasteiger partial charge in [-0.15, -0.1) is 11.6 Å². The summed E-state index contributed by atoms with van der Waals surface area (Å²) in [6, 6.07) is 0. The molecule has 0 aromatic rings. The van der Waals surface area contributed by atoms with E-state index in [1.54, 1.807) is 0 Å². The molecule has 0 atom stereocenters. The Labute approximate surface area is 47.4 Å². The third-order valence-electron chi connectivity index (χ3n) is 0.280. The number of hydrogen-bond acceptors (Lipinski definition) is 3. The topological polar surface area (TPSA) is 43.4 Å². The SMILES string of the molecule is [CH]OS(=O)(=O)CCl. The zero-order valence-corrected chi connectivity index (χ0v) is 4.87. The maximum absolute atomic E-state index is 9.89. The van der Waals surface area contributed by atoms with Gasteiger partial charge in [-0.1, -0.05) is 0 Å². The van der Waals surface area contributed by atoms with E-state index in [0.717, 1.165) is 0 Å². The van der Waals surface area contributed by atoms with Crippen LogP contribution >= 0.6 is 11.6 Å². The van der Waals surface area contributed by atoms with E-state index < -0.39 is 15.3 Å². The van der Waals surface area contributed by atoms with Crippen molar-refractivity contribution < 1.29 is 12.6 Å². The Morgan fingerprint density at radius 1 is 1.71 bits per heavy atom. The number of hydrogen-bond donors (Lipinski definition) is 0. The molecule has 0 aliphatic carbocycles. The first-order valence-electron chi connectivity index (χ1n) is 1.29. The predicted molar refractivity (Wildman–Crippen MR) is 25.0 cm³/mol. The standard InChI is InChI=1S/C2H3ClO3S/c1-6-7(4,5)2-3/h1H,2H2. The van der Waals surface area contributed by atoms with Crippen LogP contribution in [0, 0.1) is 7.11 Å². The molecule has 42 valence electrons. The Hall–Kier alpha value is 0.200. The number of halogens is 1. The Morgan fingerprint density at radius 3 is 2.14 bits per heavy atom. The van der Waals surface area contributed by atoms with Crippen molar-refractivity contribution in [1.29, 1.82) is 0 Å². The Bertz CT molecular complexity index is 116. The first-order chi connectivity index (χ1) is 3.12. The highest BCUT2D eigenvalue weighted by atomic mass is 35.5. The maximum Gasteiger partial charge on any atom is 0.281 e. The van der Waals surface area contributed by atoms with Gasteiger partial charge in [-0.3, -0.25) is 4.18 Å². The summed E-state index contributed by atoms with van der Waals surface area (Å²) < 4.78 is 23.2. The lowest BCUT2D eigenvalue weighted by Gasteiger charge is -1.88. The molecular weight excluding hydrogens is 140 g/mol. The molecule has 5 heteroatoms. The lowest BCUT2D eigenvalue weighted by molar-refractivity contribution is 0.442. The monoisotopic (exact) mass is 142 g/mol. The van der Waals surface area contributed by atoms with Crippen molar-refractivity contribution in [2.45, 2.75) is 0 Å². The van der Waals surface area contributed by atoms with E-state index in [1.807, 2.05) is 0 Å². The van der Waals surface area contributed by atoms with Crippen LogP contribution in [0.3, 0.4) is 0 Å². The van der Waals surface area contributed by atoms with Crippen LogP contribution in [0.25, 0.3) is 0 Å². The second kappa shape index (κ2) is 2.49. The zero-order chi connectivity index (χ0) is 5.91. The molecule has 0 rings (SSSR count). The normalized spacial score (nSPS) is 11.7. The molecule has 0 aliphatic rings. The van der Waals surface area contributed by atoms with Gasteiger partial charge in [-0.2, -0.15) is 8.42 Å². The van der Waals surface area contributed by atoms with Crippen molar-refractivity contribution in [2.24, 2.45) is 0 Å². The van der Waals surface area contributed by atoms with Gasteiger partial charge in [-0.05, 0) is 0 Å². The van der Waals surface area contributed by atoms with Crippen LogP contribution < -0.4 is 0 Å². The van der Waals surface area contributed by atoms with Crippen LogP contribution in [-0.2, 0) is 14.3 Å². The van der Waals surface area contributed by atoms with Crippen LogP contribution in [0.1, 0.15) is 0 Å². The Morgan fingerprint density at radius 2 is 2.14 bits per heavy atom. The molecule has 0 saturated heterocycles. The highest BCUT2D eigenvalue weighted by molar-refractivity contribution is 7.87. The van der Waals surface area contributed by atoms with E-state index in [4.69, 9.17) is 11.6 Å². The van der Waals surface area contributed by atoms with E-state index in [-0.39, 0.29) is 0 Å². The number of rotatable bonds is 2. The highest BCUT2D eigenvalue weighted by Crippen LogP contribution is 1.91. The quantitative estimate of drug-likeness (QED) is 0.409. The molecule has 2 radical (unpaired) electrons. The van der Waals surface area contributed by atoms with Crippen molar-refractivity contribution >= 4 is 21.7 Å². The van der Waals surface area contributed by atoms with Gasteiger partial charge in [0.25, 0.3) is 10.1 Å². The van der Waals surface area contributed by atoms with Crippen molar-refractivity contribution in [3.8, 4) is 0 Å². The molecule has 0 unspecified atom stereocenters. The molecule has 0 heterocycles. The smallest absolute Gasteiger partial charge is 0.260 e. The largest absolute Gasteiger partial charge is 0.281 e. The molecule has 3 nitrogen and oxygen atoms in total. The van der Waals surface area contributed by atoms with Crippen molar-refractivity contribution in [1.82, 2.24) is 0 Å². The van der Waals surface area contributed by atoms with E-state index in [0.29, 0.717) is 0 Å². The highest BCUT2D eigenvalue weighted by Gasteiger charge is 2.02. The fourth-order valence-electron chi connectivity index (χ4n) is 0.0257. The minimum atomic E-state index is -3.61. The van der Waals surface area contributed by atoms with Crippen LogP contribution in [0.2, 0.25) is 0 Å². The van der Waals surface area contributed by atoms with E-state index >= 15 is 0 Å². The van der Waals surface area contributed by atoms with Crippen molar-refractivity contribution in [3.05, 3.63) is 7.11 Å². The van der Waals surface area contributed by atoms with Gasteiger partial charge in [0.1, 0.15) is 12.3 Å². The third-order valence-corrected chi connectivity index (χ3v) is 1.64. The minimum absolute atomic E-state index is 0.608. The van der Waals surface area contributed by atoms with Crippen LogP contribution in [0.4, 0.5) is 0 Å². The van der Waals surface area contributed by atoms with Crippen LogP contribution in [0.5, 0.6) is 0 Å². The third kappa shape index (κ3) is 2.85. The van der Waals surface area contributed by atoms with Crippen LogP contribution in [-0.4, -0.2) is 13.6 Å². The summed E-state index contributed by atoms with van der Waals surface area (Å²) in [6.07, 6.45) is 0. The van der Waals surface area contributed by atoms with E-state index in [1.165, 1.54) is 0 Å². The van der Waals surface area contributed by atoms with Gasteiger partial charge in [0, 0.05) is 0 Å². The Kier molecular flexibility index (Phi) is 2.56. The molecule has 0 aromatic carbocycles. The predicted octanol–water partition coefficient (Wildman–Crippen LogP) is 0.198. The molecular formula is C2H3ClO3S. The maximum atomic E-state index is 9.89. The average molecular weight is 143 g/mol. The van der Waals surface area contributed by atoms with Crippen LogP contribution in [0.15, 0.2) is 0 Å². The molecule has 0 aromatic heterocycles. The van der Waals surface area contributed by atoms with Gasteiger partial charge < -0.3 is 0 Å². The van der Waals surface area contributed by atoms with E-state index in [9.17, 15) is 8.42 Å². The summed E-state index contributed by atoms with van der Waals surface area (Å²) in [6.45, 7) is 0. The van der Waals surface area contributed by atoms with Crippen molar-refractivity contribution in [3.63, 3.8) is 0 Å². The molecule has 0 spiro atoms. The van der Waals surface area contributed by atoms with Gasteiger partial charge in [0.05, 0.1) is 0 Å². The lowest BCUT2D eigenvalue weighted by Crippen LogP contribution is -2.00. The number of alkyl halides is 1. The molecule has 0 amide bonds. The first-order valence-corrected chi connectivity index (χ1v) is 3.40. The molecule has 0 saturated carbocycles. The molecule has 7 heavy (non-hydrogen) atoms. The van der Waals surface area contributed by atoms with Gasteiger partial charge in [0.2, 0.25) is 0 Å². The molecule has 0 aliphatic heterocycles. The van der Waals surface area contributed by atoms with Crippen molar-refractivity contribution in [2.75, 3.05) is 5.21 Å². The summed E-state index contributed by atoms with van der Waals surface area (Å²) in [7, 11) is 0.630. The summed E-state index contributed by atoms with van der Waals surface area (Å²) in [5.74, 6) is 0. The second-order valence-electron chi connectivity index (χ2n) is 0.763. The summed E-state index contributed by atoms with van der Waals surface area (Å²) >= 11 is 4.80. The average Bonchev–Trinajstić information content (AvgIpc) is 1.68. The Balaban J connectivity index is 3.89. The molecule has 0 fully saturated rings. The lowest BCUT2D eigenvalue weighted by atomic mass is 11.8. The minimum Gasteiger partial charge on any atom is -0.260 e. The first kappa shape index (κ1) is 7.20. The zero-order valence-electron chi connectivity index (χ0n) is 3.30. The second-order valence-corrected chi connectivity index (χ2v) is 2.94. The fraction of sp³-hybridized carbons (Fsp3) is 0.500. The summed E-state index contributed by atoms with van der Waals surface area (Å²) in [5.41, 5.74) is 0. The molecule has 0 N–H and O–H groups in total. The van der Waals surface area contributed by atoms with Gasteiger partial charge in [0.15, 0.2) is 0 Å².